The van der Waals surface area contributed by atoms with Gasteiger partial charge in [0.25, 0.3) is 5.91 Å². The standard InChI is InChI=1S/C18H26N2O3/c1-20(2)18(22)14-9-10-16(23-3)15(12-14)19-17(21)11-13-7-5-4-6-8-13/h9-10,12-13H,4-8,11H2,1-3H3,(H,19,21). The molecule has 0 bridgehead atoms. The molecule has 1 saturated carbocycles. The van der Waals surface area contributed by atoms with Gasteiger partial charge in [0, 0.05) is 26.1 Å². The number of rotatable bonds is 5. The van der Waals surface area contributed by atoms with Crippen molar-refractivity contribution in [3.63, 3.8) is 0 Å². The normalized spacial score (nSPS) is 15.1. The number of nitrogens with one attached hydrogen (secondary N) is 1. The number of benzene rings is 1. The molecule has 1 fully saturated rings. The van der Waals surface area contributed by atoms with Gasteiger partial charge in [-0.05, 0) is 37.0 Å². The van der Waals surface area contributed by atoms with Crippen LogP contribution in [-0.4, -0.2) is 37.9 Å². The average molecular weight is 318 g/mol. The van der Waals surface area contributed by atoms with Crippen LogP contribution in [0.2, 0.25) is 0 Å². The molecule has 0 atom stereocenters. The quantitative estimate of drug-likeness (QED) is 0.906. The van der Waals surface area contributed by atoms with Gasteiger partial charge in [0.1, 0.15) is 5.75 Å². The van der Waals surface area contributed by atoms with E-state index in [2.05, 4.69) is 5.32 Å². The van der Waals surface area contributed by atoms with Gasteiger partial charge in [0.2, 0.25) is 5.91 Å². The Bertz CT molecular complexity index is 563. The minimum Gasteiger partial charge on any atom is -0.495 e. The molecule has 0 radical (unpaired) electrons. The average Bonchev–Trinajstić information content (AvgIpc) is 2.54. The summed E-state index contributed by atoms with van der Waals surface area (Å²) in [6.07, 6.45) is 6.51. The fraction of sp³-hybridized carbons (Fsp3) is 0.556. The molecule has 2 amide bonds. The second kappa shape index (κ2) is 7.99. The maximum absolute atomic E-state index is 12.3. The second-order valence-corrected chi connectivity index (χ2v) is 6.37. The lowest BCUT2D eigenvalue weighted by Gasteiger charge is -2.21. The first-order valence-corrected chi connectivity index (χ1v) is 8.20. The minimum atomic E-state index is -0.101. The summed E-state index contributed by atoms with van der Waals surface area (Å²) in [7, 11) is 4.96. The predicted molar refractivity (Wildman–Crippen MR) is 90.8 cm³/mol. The van der Waals surface area contributed by atoms with E-state index in [0.717, 1.165) is 12.8 Å². The summed E-state index contributed by atoms with van der Waals surface area (Å²) in [5, 5.41) is 2.91. The molecule has 1 aromatic carbocycles. The monoisotopic (exact) mass is 318 g/mol. The van der Waals surface area contributed by atoms with Crippen LogP contribution in [0.4, 0.5) is 5.69 Å². The van der Waals surface area contributed by atoms with Crippen molar-refractivity contribution in [3.05, 3.63) is 23.8 Å². The Morgan fingerprint density at radius 1 is 1.22 bits per heavy atom. The van der Waals surface area contributed by atoms with Crippen molar-refractivity contribution in [3.8, 4) is 5.75 Å². The molecule has 23 heavy (non-hydrogen) atoms. The molecule has 1 N–H and O–H groups in total. The van der Waals surface area contributed by atoms with Crippen LogP contribution in [0.1, 0.15) is 48.9 Å². The van der Waals surface area contributed by atoms with Gasteiger partial charge in [-0.3, -0.25) is 9.59 Å². The molecule has 1 aliphatic rings. The largest absolute Gasteiger partial charge is 0.495 e. The summed E-state index contributed by atoms with van der Waals surface area (Å²) in [5.41, 5.74) is 1.09. The summed E-state index contributed by atoms with van der Waals surface area (Å²) in [4.78, 5) is 25.9. The number of carbonyl (C=O) groups excluding carboxylic acids is 2. The molecule has 2 rings (SSSR count). The molecule has 1 aromatic rings. The Morgan fingerprint density at radius 3 is 2.52 bits per heavy atom. The Labute approximate surface area is 138 Å². The van der Waals surface area contributed by atoms with Crippen LogP contribution in [0.5, 0.6) is 5.75 Å². The van der Waals surface area contributed by atoms with Crippen molar-refractivity contribution < 1.29 is 14.3 Å². The van der Waals surface area contributed by atoms with E-state index in [1.54, 1.807) is 39.4 Å². The fourth-order valence-corrected chi connectivity index (χ4v) is 3.05. The van der Waals surface area contributed by atoms with Crippen LogP contribution >= 0.6 is 0 Å². The number of hydrogen-bond acceptors (Lipinski definition) is 3. The van der Waals surface area contributed by atoms with E-state index in [1.165, 1.54) is 24.2 Å². The van der Waals surface area contributed by atoms with Crippen molar-refractivity contribution >= 4 is 17.5 Å². The van der Waals surface area contributed by atoms with E-state index in [9.17, 15) is 9.59 Å². The highest BCUT2D eigenvalue weighted by atomic mass is 16.5. The number of nitrogens with zero attached hydrogens (tertiary/aromatic N) is 1. The molecule has 5 nitrogen and oxygen atoms in total. The molecule has 126 valence electrons. The molecule has 0 unspecified atom stereocenters. The third-order valence-corrected chi connectivity index (χ3v) is 4.33. The molecule has 0 aliphatic heterocycles. The molecule has 0 spiro atoms. The first-order valence-electron chi connectivity index (χ1n) is 8.20. The molecular weight excluding hydrogens is 292 g/mol. The van der Waals surface area contributed by atoms with Crippen LogP contribution in [0, 0.1) is 5.92 Å². The summed E-state index contributed by atoms with van der Waals surface area (Å²) in [5.74, 6) is 0.929. The summed E-state index contributed by atoms with van der Waals surface area (Å²) in [6.45, 7) is 0. The lowest BCUT2D eigenvalue weighted by molar-refractivity contribution is -0.117. The zero-order valence-corrected chi connectivity index (χ0v) is 14.2. The van der Waals surface area contributed by atoms with Crippen LogP contribution in [0.25, 0.3) is 0 Å². The zero-order chi connectivity index (χ0) is 16.8. The van der Waals surface area contributed by atoms with Crippen molar-refractivity contribution in [1.29, 1.82) is 0 Å². The lowest BCUT2D eigenvalue weighted by Crippen LogP contribution is -2.22. The highest BCUT2D eigenvalue weighted by molar-refractivity contribution is 5.98. The van der Waals surface area contributed by atoms with E-state index in [1.807, 2.05) is 0 Å². The Hall–Kier alpha value is -2.04. The van der Waals surface area contributed by atoms with E-state index in [-0.39, 0.29) is 11.8 Å². The maximum Gasteiger partial charge on any atom is 0.253 e. The third kappa shape index (κ3) is 4.71. The van der Waals surface area contributed by atoms with Crippen LogP contribution in [0.3, 0.4) is 0 Å². The van der Waals surface area contributed by atoms with Crippen LogP contribution in [-0.2, 0) is 4.79 Å². The number of methoxy groups -OCH3 is 1. The molecular formula is C18H26N2O3. The highest BCUT2D eigenvalue weighted by Gasteiger charge is 2.19. The summed E-state index contributed by atoms with van der Waals surface area (Å²) in [6, 6.07) is 5.10. The van der Waals surface area contributed by atoms with Crippen molar-refractivity contribution in [2.75, 3.05) is 26.5 Å². The van der Waals surface area contributed by atoms with E-state index in [4.69, 9.17) is 4.74 Å². The first kappa shape index (κ1) is 17.3. The van der Waals surface area contributed by atoms with Gasteiger partial charge in [-0.2, -0.15) is 0 Å². The minimum absolute atomic E-state index is 0.00958. The molecule has 0 heterocycles. The van der Waals surface area contributed by atoms with E-state index < -0.39 is 0 Å². The van der Waals surface area contributed by atoms with Crippen molar-refractivity contribution in [2.24, 2.45) is 5.92 Å². The molecule has 5 heteroatoms. The predicted octanol–water partition coefficient (Wildman–Crippen LogP) is 3.31. The smallest absolute Gasteiger partial charge is 0.253 e. The van der Waals surface area contributed by atoms with E-state index >= 15 is 0 Å². The number of hydrogen-bond donors (Lipinski definition) is 1. The highest BCUT2D eigenvalue weighted by Crippen LogP contribution is 2.29. The Morgan fingerprint density at radius 2 is 1.91 bits per heavy atom. The third-order valence-electron chi connectivity index (χ3n) is 4.33. The van der Waals surface area contributed by atoms with Gasteiger partial charge in [0.05, 0.1) is 12.8 Å². The van der Waals surface area contributed by atoms with Gasteiger partial charge in [-0.25, -0.2) is 0 Å². The molecule has 0 saturated heterocycles. The number of ether oxygens (including phenoxy) is 1. The Balaban J connectivity index is 2.08. The van der Waals surface area contributed by atoms with Gasteiger partial charge in [0.15, 0.2) is 0 Å². The van der Waals surface area contributed by atoms with Crippen molar-refractivity contribution in [1.82, 2.24) is 4.90 Å². The van der Waals surface area contributed by atoms with Gasteiger partial charge < -0.3 is 15.0 Å². The molecule has 1 aliphatic carbocycles. The summed E-state index contributed by atoms with van der Waals surface area (Å²) >= 11 is 0. The fourth-order valence-electron chi connectivity index (χ4n) is 3.05. The zero-order valence-electron chi connectivity index (χ0n) is 14.2. The van der Waals surface area contributed by atoms with Crippen LogP contribution in [0.15, 0.2) is 18.2 Å². The molecule has 0 aromatic heterocycles. The maximum atomic E-state index is 12.3. The van der Waals surface area contributed by atoms with Crippen molar-refractivity contribution in [2.45, 2.75) is 38.5 Å². The van der Waals surface area contributed by atoms with Gasteiger partial charge >= 0.3 is 0 Å². The number of amides is 2. The van der Waals surface area contributed by atoms with Crippen LogP contribution < -0.4 is 10.1 Å². The number of carbonyl (C=O) groups is 2. The van der Waals surface area contributed by atoms with E-state index in [0.29, 0.717) is 29.3 Å². The lowest BCUT2D eigenvalue weighted by atomic mass is 9.87. The second-order valence-electron chi connectivity index (χ2n) is 6.37. The summed E-state index contributed by atoms with van der Waals surface area (Å²) < 4.78 is 5.29. The topological polar surface area (TPSA) is 58.6 Å². The number of anilines is 1. The first-order chi connectivity index (χ1) is 11.0. The Kier molecular flexibility index (Phi) is 6.02. The SMILES string of the molecule is COc1ccc(C(=O)N(C)C)cc1NC(=O)CC1CCCCC1. The van der Waals surface area contributed by atoms with Gasteiger partial charge in [-0.15, -0.1) is 0 Å². The van der Waals surface area contributed by atoms with Gasteiger partial charge in [-0.1, -0.05) is 19.3 Å².